The van der Waals surface area contributed by atoms with Gasteiger partial charge < -0.3 is 24.8 Å². The molecule has 4 atom stereocenters. The summed E-state index contributed by atoms with van der Waals surface area (Å²) in [6.45, 7) is 9.95. The van der Waals surface area contributed by atoms with E-state index in [1.54, 1.807) is 0 Å². The average molecular weight is 618 g/mol. The van der Waals surface area contributed by atoms with Crippen LogP contribution in [0.4, 0.5) is 34.9 Å². The number of rotatable bonds is 5. The van der Waals surface area contributed by atoms with Crippen molar-refractivity contribution in [1.82, 2.24) is 19.9 Å². The molecule has 2 fully saturated rings. The van der Waals surface area contributed by atoms with E-state index in [9.17, 15) is 22.8 Å². The third-order valence-corrected chi connectivity index (χ3v) is 8.13. The monoisotopic (exact) mass is 617 g/mol. The molecule has 0 saturated carbocycles. The van der Waals surface area contributed by atoms with E-state index in [4.69, 9.17) is 4.74 Å². The number of likely N-dealkylation sites (N-methyl/N-ethyl adjacent to an activating group) is 1. The Morgan fingerprint density at radius 3 is 2.32 bits per heavy atom. The quantitative estimate of drug-likeness (QED) is 0.407. The van der Waals surface area contributed by atoms with Gasteiger partial charge in [-0.25, -0.2) is 14.4 Å². The van der Waals surface area contributed by atoms with Crippen LogP contribution in [0.5, 0.6) is 0 Å². The minimum Gasteiger partial charge on any atom is -0.372 e. The van der Waals surface area contributed by atoms with Crippen LogP contribution in [0.15, 0.2) is 41.5 Å². The minimum atomic E-state index is -4.95. The number of nitrogens with zero attached hydrogens (tertiary/aromatic N) is 5. The van der Waals surface area contributed by atoms with Crippen molar-refractivity contribution in [3.05, 3.63) is 64.0 Å². The number of anilines is 3. The summed E-state index contributed by atoms with van der Waals surface area (Å²) in [4.78, 5) is 42.2. The fourth-order valence-electron chi connectivity index (χ4n) is 5.80. The van der Waals surface area contributed by atoms with Gasteiger partial charge in [0.1, 0.15) is 5.82 Å². The molecule has 0 aliphatic carbocycles. The zero-order valence-corrected chi connectivity index (χ0v) is 25.1. The van der Waals surface area contributed by atoms with Gasteiger partial charge in [0.25, 0.3) is 5.91 Å². The van der Waals surface area contributed by atoms with Gasteiger partial charge in [0.15, 0.2) is 0 Å². The second kappa shape index (κ2) is 12.2. The molecule has 10 nitrogen and oxygen atoms in total. The summed E-state index contributed by atoms with van der Waals surface area (Å²) >= 11 is 0. The molecule has 44 heavy (non-hydrogen) atoms. The lowest BCUT2D eigenvalue weighted by Crippen LogP contribution is -2.55. The summed E-state index contributed by atoms with van der Waals surface area (Å²) in [7, 11) is 1.98. The number of amides is 1. The molecule has 0 bridgehead atoms. The second-order valence-corrected chi connectivity index (χ2v) is 11.6. The first-order valence-electron chi connectivity index (χ1n) is 14.4. The lowest BCUT2D eigenvalue weighted by atomic mass is 10.0. The van der Waals surface area contributed by atoms with E-state index >= 15 is 4.39 Å². The zero-order chi connectivity index (χ0) is 31.9. The van der Waals surface area contributed by atoms with Crippen molar-refractivity contribution in [3.63, 3.8) is 0 Å². The molecule has 5 rings (SSSR count). The van der Waals surface area contributed by atoms with Crippen LogP contribution < -0.4 is 20.7 Å². The molecule has 14 heteroatoms. The van der Waals surface area contributed by atoms with E-state index in [0.29, 0.717) is 43.9 Å². The van der Waals surface area contributed by atoms with E-state index < -0.39 is 34.6 Å². The van der Waals surface area contributed by atoms with Crippen molar-refractivity contribution in [3.8, 4) is 11.3 Å². The highest BCUT2D eigenvalue weighted by atomic mass is 19.4. The van der Waals surface area contributed by atoms with Gasteiger partial charge >= 0.3 is 6.18 Å². The SMILES string of the molecule is CC1CN(c2nccc(-c3cc(NC(=O)c4c[nH]c(=O)cc4C(F)(F)F)c(N4CC(C)N(C)C(C)C4)cc3F)n2)CC(C)O1. The van der Waals surface area contributed by atoms with Crippen LogP contribution in [0.3, 0.4) is 0 Å². The van der Waals surface area contributed by atoms with Gasteiger partial charge in [-0.15, -0.1) is 0 Å². The zero-order valence-electron chi connectivity index (χ0n) is 25.1. The molecule has 4 unspecified atom stereocenters. The predicted octanol–water partition coefficient (Wildman–Crippen LogP) is 4.38. The Balaban J connectivity index is 1.58. The van der Waals surface area contributed by atoms with Crippen molar-refractivity contribution in [2.24, 2.45) is 0 Å². The summed E-state index contributed by atoms with van der Waals surface area (Å²) in [6.07, 6.45) is -2.84. The highest BCUT2D eigenvalue weighted by Crippen LogP contribution is 2.37. The lowest BCUT2D eigenvalue weighted by molar-refractivity contribution is -0.138. The second-order valence-electron chi connectivity index (χ2n) is 11.6. The number of H-pyrrole nitrogens is 1. The minimum absolute atomic E-state index is 0.0368. The van der Waals surface area contributed by atoms with E-state index in [2.05, 4.69) is 25.2 Å². The molecule has 1 aromatic carbocycles. The Kier molecular flexibility index (Phi) is 8.67. The average Bonchev–Trinajstić information content (AvgIpc) is 2.95. The predicted molar refractivity (Wildman–Crippen MR) is 159 cm³/mol. The number of nitrogens with one attached hydrogen (secondary N) is 2. The van der Waals surface area contributed by atoms with Gasteiger partial charge in [-0.3, -0.25) is 14.5 Å². The molecule has 2 aliphatic rings. The maximum absolute atomic E-state index is 15.9. The number of hydrogen-bond acceptors (Lipinski definition) is 8. The van der Waals surface area contributed by atoms with Crippen LogP contribution in [-0.4, -0.2) is 83.3 Å². The third kappa shape index (κ3) is 6.55. The first-order chi connectivity index (χ1) is 20.7. The molecule has 1 amide bonds. The molecule has 236 valence electrons. The number of carbonyl (C=O) groups is 1. The number of carbonyl (C=O) groups excluding carboxylic acids is 1. The molecule has 0 spiro atoms. The van der Waals surface area contributed by atoms with Crippen LogP contribution in [0.2, 0.25) is 0 Å². The molecule has 2 aliphatic heterocycles. The Morgan fingerprint density at radius 2 is 1.68 bits per heavy atom. The summed E-state index contributed by atoms with van der Waals surface area (Å²) in [5, 5.41) is 2.57. The van der Waals surface area contributed by atoms with E-state index in [0.717, 1.165) is 6.20 Å². The number of ether oxygens (including phenoxy) is 1. The van der Waals surface area contributed by atoms with Crippen LogP contribution >= 0.6 is 0 Å². The summed E-state index contributed by atoms with van der Waals surface area (Å²) in [5.41, 5.74) is -2.45. The number of hydrogen-bond donors (Lipinski definition) is 2. The molecule has 2 aromatic heterocycles. The first-order valence-corrected chi connectivity index (χ1v) is 14.4. The number of piperazine rings is 1. The van der Waals surface area contributed by atoms with Gasteiger partial charge in [0.2, 0.25) is 11.5 Å². The Labute approximate surface area is 252 Å². The number of aromatic amines is 1. The van der Waals surface area contributed by atoms with Crippen LogP contribution in [0, 0.1) is 5.82 Å². The Bertz CT molecular complexity index is 1580. The third-order valence-electron chi connectivity index (χ3n) is 8.13. The first kappa shape index (κ1) is 31.4. The lowest BCUT2D eigenvalue weighted by Gasteiger charge is -2.44. The van der Waals surface area contributed by atoms with Crippen LogP contribution in [-0.2, 0) is 10.9 Å². The fourth-order valence-corrected chi connectivity index (χ4v) is 5.80. The van der Waals surface area contributed by atoms with E-state index in [1.165, 1.54) is 24.4 Å². The smallest absolute Gasteiger partial charge is 0.372 e. The van der Waals surface area contributed by atoms with Crippen molar-refractivity contribution >= 4 is 23.2 Å². The number of benzene rings is 1. The van der Waals surface area contributed by atoms with Gasteiger partial charge in [-0.1, -0.05) is 0 Å². The Hall–Kier alpha value is -4.04. The standard InChI is InChI=1S/C30H35F4N7O3/c1-16-12-40(13-17(2)39(16)5)26-10-23(31)20(24-6-7-35-29(38-24)41-14-18(3)44-19(4)15-41)8-25(26)37-28(43)21-11-36-27(42)9-22(21)30(32,33)34/h6-11,16-19H,12-15H2,1-5H3,(H,36,42)(H,37,43). The molecular weight excluding hydrogens is 582 g/mol. The van der Waals surface area contributed by atoms with Gasteiger partial charge in [-0.05, 0) is 52.9 Å². The van der Waals surface area contributed by atoms with Gasteiger partial charge in [0, 0.05) is 62.3 Å². The van der Waals surface area contributed by atoms with E-state index in [1.807, 2.05) is 44.5 Å². The molecule has 2 saturated heterocycles. The number of alkyl halides is 3. The normalized spacial score (nSPS) is 23.1. The molecule has 3 aromatic rings. The maximum Gasteiger partial charge on any atom is 0.417 e. The number of halogens is 4. The maximum atomic E-state index is 15.9. The number of aromatic nitrogens is 3. The van der Waals surface area contributed by atoms with Gasteiger partial charge in [-0.2, -0.15) is 13.2 Å². The van der Waals surface area contributed by atoms with Crippen molar-refractivity contribution in [2.45, 2.75) is 58.2 Å². The fraction of sp³-hybridized carbons (Fsp3) is 0.467. The van der Waals surface area contributed by atoms with E-state index in [-0.39, 0.29) is 41.2 Å². The molecule has 4 heterocycles. The molecule has 0 radical (unpaired) electrons. The van der Waals surface area contributed by atoms with Crippen LogP contribution in [0.1, 0.15) is 43.6 Å². The Morgan fingerprint density at radius 1 is 1.02 bits per heavy atom. The molecule has 2 N–H and O–H groups in total. The van der Waals surface area contributed by atoms with Crippen molar-refractivity contribution in [2.75, 3.05) is 48.3 Å². The van der Waals surface area contributed by atoms with Crippen molar-refractivity contribution in [1.29, 1.82) is 0 Å². The summed E-state index contributed by atoms with van der Waals surface area (Å²) < 4.78 is 63.1. The van der Waals surface area contributed by atoms with Crippen LogP contribution in [0.25, 0.3) is 11.3 Å². The van der Waals surface area contributed by atoms with Crippen molar-refractivity contribution < 1.29 is 27.1 Å². The summed E-state index contributed by atoms with van der Waals surface area (Å²) in [5.74, 6) is -1.35. The highest BCUT2D eigenvalue weighted by molar-refractivity contribution is 6.07. The highest BCUT2D eigenvalue weighted by Gasteiger charge is 2.36. The molecular formula is C30H35F4N7O3. The van der Waals surface area contributed by atoms with Gasteiger partial charge in [0.05, 0.1) is 40.4 Å². The summed E-state index contributed by atoms with van der Waals surface area (Å²) in [6, 6.07) is 4.67. The number of pyridine rings is 1. The number of morpholine rings is 1. The largest absolute Gasteiger partial charge is 0.417 e. The topological polar surface area (TPSA) is 107 Å².